The molecule has 1 saturated heterocycles. The van der Waals surface area contributed by atoms with Gasteiger partial charge in [-0.05, 0) is 42.7 Å². The Bertz CT molecular complexity index is 1450. The number of methoxy groups -OCH3 is 2. The number of nitrogens with zero attached hydrogens (tertiary/aromatic N) is 3. The summed E-state index contributed by atoms with van der Waals surface area (Å²) in [5, 5.41) is 17.7. The number of piperidine rings is 1. The number of hydrogen-bond donors (Lipinski definition) is 3. The molecule has 0 spiro atoms. The van der Waals surface area contributed by atoms with Gasteiger partial charge in [-0.15, -0.1) is 0 Å². The quantitative estimate of drug-likeness (QED) is 0.295. The fourth-order valence-corrected chi connectivity index (χ4v) is 5.24. The molecule has 0 aliphatic carbocycles. The first-order chi connectivity index (χ1) is 20.7. The smallest absolute Gasteiger partial charge is 0.338 e. The molecule has 4 rings (SSSR count). The summed E-state index contributed by atoms with van der Waals surface area (Å²) < 4.78 is 52.3. The molecule has 43 heavy (non-hydrogen) atoms. The zero-order chi connectivity index (χ0) is 31.1. The molecule has 4 amide bonds. The van der Waals surface area contributed by atoms with Crippen LogP contribution in [0, 0.1) is 28.8 Å². The van der Waals surface area contributed by atoms with E-state index in [4.69, 9.17) is 9.47 Å². The minimum atomic E-state index is -1.43. The number of carbonyl (C=O) groups is 3. The van der Waals surface area contributed by atoms with Crippen molar-refractivity contribution in [1.29, 1.82) is 5.26 Å². The molecule has 2 aliphatic heterocycles. The number of nitriles is 1. The summed E-state index contributed by atoms with van der Waals surface area (Å²) in [5.74, 6) is -3.71. The molecule has 0 radical (unpaired) electrons. The van der Waals surface area contributed by atoms with Crippen LogP contribution in [-0.4, -0.2) is 76.0 Å². The largest absolute Gasteiger partial charge is 0.466 e. The fraction of sp³-hybridized carbons (Fsp3) is 0.379. The Morgan fingerprint density at radius 3 is 2.47 bits per heavy atom. The maximum atomic E-state index is 14.4. The van der Waals surface area contributed by atoms with Gasteiger partial charge in [0.05, 0.1) is 36.2 Å². The second-order valence-electron chi connectivity index (χ2n) is 9.89. The first-order valence-corrected chi connectivity index (χ1v) is 13.5. The maximum absolute atomic E-state index is 14.4. The summed E-state index contributed by atoms with van der Waals surface area (Å²) in [7, 11) is 2.44. The van der Waals surface area contributed by atoms with Crippen LogP contribution in [0.5, 0.6) is 0 Å². The van der Waals surface area contributed by atoms with Gasteiger partial charge >= 0.3 is 18.0 Å². The Labute approximate surface area is 246 Å². The molecule has 228 valence electrons. The molecular weight excluding hydrogens is 569 g/mol. The first kappa shape index (κ1) is 31.3. The number of amides is 4. The van der Waals surface area contributed by atoms with Crippen LogP contribution >= 0.6 is 0 Å². The lowest BCUT2D eigenvalue weighted by molar-refractivity contribution is -0.137. The molecule has 2 aliphatic rings. The molecule has 3 N–H and O–H groups in total. The van der Waals surface area contributed by atoms with Gasteiger partial charge in [-0.3, -0.25) is 0 Å². The van der Waals surface area contributed by atoms with Crippen molar-refractivity contribution in [2.45, 2.75) is 24.9 Å². The Morgan fingerprint density at radius 2 is 1.81 bits per heavy atom. The van der Waals surface area contributed by atoms with E-state index in [9.17, 15) is 32.8 Å². The number of imide groups is 1. The van der Waals surface area contributed by atoms with Crippen molar-refractivity contribution in [1.82, 2.24) is 20.9 Å². The van der Waals surface area contributed by atoms with E-state index in [1.807, 2.05) is 11.0 Å². The Morgan fingerprint density at radius 1 is 1.07 bits per heavy atom. The number of para-hydroxylation sites is 1. The van der Waals surface area contributed by atoms with Crippen LogP contribution in [0.25, 0.3) is 0 Å². The van der Waals surface area contributed by atoms with Crippen molar-refractivity contribution >= 4 is 23.7 Å². The van der Waals surface area contributed by atoms with Gasteiger partial charge in [0, 0.05) is 39.3 Å². The van der Waals surface area contributed by atoms with Crippen LogP contribution in [0.15, 0.2) is 47.7 Å². The van der Waals surface area contributed by atoms with Crippen LogP contribution in [0.2, 0.25) is 0 Å². The van der Waals surface area contributed by atoms with Crippen LogP contribution in [0.4, 0.5) is 28.4 Å². The van der Waals surface area contributed by atoms with Crippen molar-refractivity contribution in [3.63, 3.8) is 0 Å². The van der Waals surface area contributed by atoms with Gasteiger partial charge < -0.3 is 30.3 Å². The summed E-state index contributed by atoms with van der Waals surface area (Å²) in [6, 6.07) is 6.07. The second kappa shape index (κ2) is 14.0. The maximum Gasteiger partial charge on any atom is 0.338 e. The van der Waals surface area contributed by atoms with Crippen molar-refractivity contribution < 1.29 is 37.0 Å². The molecule has 1 unspecified atom stereocenters. The highest BCUT2D eigenvalue weighted by Gasteiger charge is 2.43. The monoisotopic (exact) mass is 600 g/mol. The van der Waals surface area contributed by atoms with Crippen molar-refractivity contribution in [3.05, 3.63) is 76.2 Å². The van der Waals surface area contributed by atoms with Crippen LogP contribution in [0.3, 0.4) is 0 Å². The zero-order valence-corrected chi connectivity index (χ0v) is 23.6. The molecule has 0 aromatic heterocycles. The standard InChI is InChI=1S/C29H31F3N6O5/c1-42-16-23-24(27(39)43-2)26(17-6-7-20(30)22(32)14-17)38(29(41)36-23)28(40)35-11-10-34-19-8-12-37(13-9-19)25-18(15-33)4-3-5-21(25)31/h3-7,14,19,26,34H,8-13,16H2,1-2H3,(H,35,40)(H,36,41). The molecule has 2 heterocycles. The topological polar surface area (TPSA) is 136 Å². The first-order valence-electron chi connectivity index (χ1n) is 13.5. The fourth-order valence-electron chi connectivity index (χ4n) is 5.24. The van der Waals surface area contributed by atoms with E-state index in [-0.39, 0.29) is 41.6 Å². The Balaban J connectivity index is 1.42. The highest BCUT2D eigenvalue weighted by Crippen LogP contribution is 2.35. The number of rotatable bonds is 9. The van der Waals surface area contributed by atoms with Crippen molar-refractivity contribution in [3.8, 4) is 6.07 Å². The summed E-state index contributed by atoms with van der Waals surface area (Å²) >= 11 is 0. The lowest BCUT2D eigenvalue weighted by Gasteiger charge is -2.37. The summed E-state index contributed by atoms with van der Waals surface area (Å²) in [6.07, 6.45) is 1.32. The van der Waals surface area contributed by atoms with Crippen LogP contribution in [0.1, 0.15) is 30.0 Å². The second-order valence-corrected chi connectivity index (χ2v) is 9.89. The molecule has 1 atom stereocenters. The van der Waals surface area contributed by atoms with E-state index in [2.05, 4.69) is 16.0 Å². The van der Waals surface area contributed by atoms with E-state index < -0.39 is 41.5 Å². The number of ether oxygens (including phenoxy) is 2. The van der Waals surface area contributed by atoms with E-state index in [1.54, 1.807) is 6.07 Å². The predicted molar refractivity (Wildman–Crippen MR) is 148 cm³/mol. The normalized spacial score (nSPS) is 17.4. The number of urea groups is 2. The summed E-state index contributed by atoms with van der Waals surface area (Å²) in [6.45, 7) is 1.23. The third kappa shape index (κ3) is 6.90. The molecular formula is C29H31F3N6O5. The number of hydrogen-bond acceptors (Lipinski definition) is 8. The van der Waals surface area contributed by atoms with E-state index in [0.29, 0.717) is 43.1 Å². The number of anilines is 1. The molecule has 14 heteroatoms. The lowest BCUT2D eigenvalue weighted by atomic mass is 9.93. The molecule has 0 bridgehead atoms. The van der Waals surface area contributed by atoms with Gasteiger partial charge in [-0.1, -0.05) is 12.1 Å². The number of carbonyl (C=O) groups excluding carboxylic acids is 3. The SMILES string of the molecule is COCC1=C(C(=O)OC)C(c2ccc(F)c(F)c2)N(C(=O)NCCNC2CCN(c3c(F)cccc3C#N)CC2)C(=O)N1. The van der Waals surface area contributed by atoms with E-state index in [1.165, 1.54) is 25.3 Å². The minimum absolute atomic E-state index is 0.0171. The highest BCUT2D eigenvalue weighted by molar-refractivity contribution is 6.01. The molecule has 2 aromatic carbocycles. The van der Waals surface area contributed by atoms with Crippen LogP contribution in [-0.2, 0) is 14.3 Å². The molecule has 2 aromatic rings. The average Bonchev–Trinajstić information content (AvgIpc) is 3.00. The Hall–Kier alpha value is -4.61. The van der Waals surface area contributed by atoms with Gasteiger partial charge in [-0.2, -0.15) is 5.26 Å². The summed E-state index contributed by atoms with van der Waals surface area (Å²) in [4.78, 5) is 41.7. The minimum Gasteiger partial charge on any atom is -0.466 e. The molecule has 11 nitrogen and oxygen atoms in total. The third-order valence-electron chi connectivity index (χ3n) is 7.26. The van der Waals surface area contributed by atoms with Crippen molar-refractivity contribution in [2.75, 3.05) is 51.9 Å². The van der Waals surface area contributed by atoms with Gasteiger partial charge in [0.2, 0.25) is 0 Å². The van der Waals surface area contributed by atoms with Gasteiger partial charge in [0.1, 0.15) is 17.9 Å². The highest BCUT2D eigenvalue weighted by atomic mass is 19.2. The average molecular weight is 601 g/mol. The lowest BCUT2D eigenvalue weighted by Crippen LogP contribution is -2.56. The molecule has 0 saturated carbocycles. The van der Waals surface area contributed by atoms with E-state index >= 15 is 0 Å². The Kier molecular flexibility index (Phi) is 10.2. The van der Waals surface area contributed by atoms with Crippen molar-refractivity contribution in [2.24, 2.45) is 0 Å². The van der Waals surface area contributed by atoms with Gasteiger partial charge in [0.15, 0.2) is 11.6 Å². The summed E-state index contributed by atoms with van der Waals surface area (Å²) in [5.41, 5.74) is 0.377. The van der Waals surface area contributed by atoms with Gasteiger partial charge in [0.25, 0.3) is 0 Å². The van der Waals surface area contributed by atoms with Crippen LogP contribution < -0.4 is 20.9 Å². The van der Waals surface area contributed by atoms with E-state index in [0.717, 1.165) is 19.2 Å². The zero-order valence-electron chi connectivity index (χ0n) is 23.6. The molecule has 1 fully saturated rings. The number of halogens is 3. The van der Waals surface area contributed by atoms with Gasteiger partial charge in [-0.25, -0.2) is 32.5 Å². The third-order valence-corrected chi connectivity index (χ3v) is 7.26. The predicted octanol–water partition coefficient (Wildman–Crippen LogP) is 3.08. The number of benzene rings is 2. The number of nitrogens with one attached hydrogen (secondary N) is 3. The number of esters is 1.